The van der Waals surface area contributed by atoms with Gasteiger partial charge in [0, 0.05) is 18.9 Å². The molecule has 2 N–H and O–H groups in total. The van der Waals surface area contributed by atoms with E-state index in [2.05, 4.69) is 0 Å². The number of benzene rings is 1. The normalized spacial score (nSPS) is 14.7. The molecule has 0 radical (unpaired) electrons. The third kappa shape index (κ3) is 3.38. The molecule has 0 spiro atoms. The van der Waals surface area contributed by atoms with Crippen LogP contribution in [0, 0.1) is 13.8 Å². The third-order valence-electron chi connectivity index (χ3n) is 2.37. The van der Waals surface area contributed by atoms with Crippen LogP contribution < -0.4 is 5.73 Å². The van der Waals surface area contributed by atoms with Crippen LogP contribution in [0.4, 0.5) is 5.69 Å². The molecular formula is C12H19NO. The summed E-state index contributed by atoms with van der Waals surface area (Å²) in [4.78, 5) is 0. The van der Waals surface area contributed by atoms with Gasteiger partial charge in [0.2, 0.25) is 0 Å². The van der Waals surface area contributed by atoms with Crippen molar-refractivity contribution in [2.45, 2.75) is 26.7 Å². The van der Waals surface area contributed by atoms with Crippen LogP contribution in [0.2, 0.25) is 0 Å². The lowest BCUT2D eigenvalue weighted by Gasteiger charge is -2.00. The number of hydrogen-bond acceptors (Lipinski definition) is 2. The highest BCUT2D eigenvalue weighted by molar-refractivity contribution is 5.52. The lowest BCUT2D eigenvalue weighted by molar-refractivity contribution is 0.198. The van der Waals surface area contributed by atoms with E-state index < -0.39 is 0 Å². The van der Waals surface area contributed by atoms with E-state index in [9.17, 15) is 0 Å². The van der Waals surface area contributed by atoms with Crippen LogP contribution in [0.25, 0.3) is 0 Å². The van der Waals surface area contributed by atoms with E-state index >= 15 is 0 Å². The molecule has 0 unspecified atom stereocenters. The number of nitrogen functional groups attached to an aromatic ring is 1. The minimum absolute atomic E-state index is 0.914. The van der Waals surface area contributed by atoms with Crippen molar-refractivity contribution in [2.75, 3.05) is 18.9 Å². The summed E-state index contributed by atoms with van der Waals surface area (Å²) < 4.78 is 4.94. The third-order valence-corrected chi connectivity index (χ3v) is 2.37. The second kappa shape index (κ2) is 5.66. The zero-order chi connectivity index (χ0) is 10.4. The number of para-hydroxylation sites is 1. The molecule has 0 aromatic heterocycles. The Labute approximate surface area is 86.1 Å². The van der Waals surface area contributed by atoms with Crippen molar-refractivity contribution in [3.63, 3.8) is 0 Å². The van der Waals surface area contributed by atoms with Gasteiger partial charge in [-0.15, -0.1) is 0 Å². The molecular weight excluding hydrogens is 174 g/mol. The van der Waals surface area contributed by atoms with Crippen LogP contribution in [-0.2, 0) is 4.74 Å². The average Bonchev–Trinajstić information content (AvgIpc) is 2.72. The quantitative estimate of drug-likeness (QED) is 0.643. The van der Waals surface area contributed by atoms with Gasteiger partial charge < -0.3 is 10.5 Å². The molecule has 2 nitrogen and oxygen atoms in total. The van der Waals surface area contributed by atoms with Crippen LogP contribution >= 0.6 is 0 Å². The maximum Gasteiger partial charge on any atom is 0.0466 e. The minimum atomic E-state index is 0.914. The topological polar surface area (TPSA) is 35.2 Å². The van der Waals surface area contributed by atoms with E-state index in [0.29, 0.717) is 0 Å². The van der Waals surface area contributed by atoms with Crippen LogP contribution in [0.3, 0.4) is 0 Å². The highest BCUT2D eigenvalue weighted by Gasteiger charge is 1.94. The Morgan fingerprint density at radius 3 is 1.86 bits per heavy atom. The molecule has 0 bridgehead atoms. The van der Waals surface area contributed by atoms with Gasteiger partial charge in [-0.3, -0.25) is 0 Å². The lowest BCUT2D eigenvalue weighted by Crippen LogP contribution is -1.91. The fourth-order valence-corrected chi connectivity index (χ4v) is 1.34. The smallest absolute Gasteiger partial charge is 0.0466 e. The maximum atomic E-state index is 5.68. The van der Waals surface area contributed by atoms with Gasteiger partial charge in [0.15, 0.2) is 0 Å². The Bertz CT molecular complexity index is 252. The van der Waals surface area contributed by atoms with Crippen molar-refractivity contribution in [2.24, 2.45) is 0 Å². The van der Waals surface area contributed by atoms with Crippen molar-refractivity contribution in [1.29, 1.82) is 0 Å². The van der Waals surface area contributed by atoms with Crippen molar-refractivity contribution < 1.29 is 4.74 Å². The van der Waals surface area contributed by atoms with E-state index in [0.717, 1.165) is 30.0 Å². The van der Waals surface area contributed by atoms with Gasteiger partial charge in [-0.1, -0.05) is 18.2 Å². The van der Waals surface area contributed by atoms with Gasteiger partial charge >= 0.3 is 0 Å². The first-order valence-electron chi connectivity index (χ1n) is 5.11. The molecule has 2 rings (SSSR count). The molecule has 1 aliphatic heterocycles. The first kappa shape index (κ1) is 11.1. The molecule has 78 valence electrons. The largest absolute Gasteiger partial charge is 0.398 e. The molecule has 0 amide bonds. The van der Waals surface area contributed by atoms with Crippen molar-refractivity contribution in [1.82, 2.24) is 0 Å². The zero-order valence-electron chi connectivity index (χ0n) is 9.05. The summed E-state index contributed by atoms with van der Waals surface area (Å²) in [5.74, 6) is 0. The molecule has 1 heterocycles. The summed E-state index contributed by atoms with van der Waals surface area (Å²) in [7, 11) is 0. The first-order chi connectivity index (χ1) is 6.72. The summed E-state index contributed by atoms with van der Waals surface area (Å²) in [6, 6.07) is 6.05. The van der Waals surface area contributed by atoms with Crippen molar-refractivity contribution in [3.8, 4) is 0 Å². The van der Waals surface area contributed by atoms with Gasteiger partial charge in [-0.25, -0.2) is 0 Å². The molecule has 0 saturated carbocycles. The van der Waals surface area contributed by atoms with Crippen LogP contribution in [0.1, 0.15) is 24.0 Å². The monoisotopic (exact) mass is 193 g/mol. The summed E-state index contributed by atoms with van der Waals surface area (Å²) >= 11 is 0. The Kier molecular flexibility index (Phi) is 4.47. The molecule has 0 aliphatic carbocycles. The molecule has 1 aliphatic rings. The second-order valence-electron chi connectivity index (χ2n) is 3.62. The van der Waals surface area contributed by atoms with Crippen LogP contribution in [-0.4, -0.2) is 13.2 Å². The van der Waals surface area contributed by atoms with E-state index in [1.807, 2.05) is 32.0 Å². The minimum Gasteiger partial charge on any atom is -0.398 e. The fraction of sp³-hybridized carbons (Fsp3) is 0.500. The maximum absolute atomic E-state index is 5.68. The predicted molar refractivity (Wildman–Crippen MR) is 60.4 cm³/mol. The molecule has 1 fully saturated rings. The van der Waals surface area contributed by atoms with Gasteiger partial charge in [-0.2, -0.15) is 0 Å². The highest BCUT2D eigenvalue weighted by atomic mass is 16.5. The Hall–Kier alpha value is -1.02. The second-order valence-corrected chi connectivity index (χ2v) is 3.62. The predicted octanol–water partition coefficient (Wildman–Crippen LogP) is 2.68. The Morgan fingerprint density at radius 2 is 1.57 bits per heavy atom. The number of anilines is 1. The van der Waals surface area contributed by atoms with Gasteiger partial charge in [-0.05, 0) is 37.8 Å². The van der Waals surface area contributed by atoms with Crippen LogP contribution in [0.5, 0.6) is 0 Å². The zero-order valence-corrected chi connectivity index (χ0v) is 9.05. The van der Waals surface area contributed by atoms with Crippen molar-refractivity contribution >= 4 is 5.69 Å². The van der Waals surface area contributed by atoms with Gasteiger partial charge in [0.25, 0.3) is 0 Å². The SMILES string of the molecule is C1CCOC1.Cc1cccc(C)c1N. The highest BCUT2D eigenvalue weighted by Crippen LogP contribution is 2.13. The Morgan fingerprint density at radius 1 is 1.07 bits per heavy atom. The van der Waals surface area contributed by atoms with Crippen LogP contribution in [0.15, 0.2) is 18.2 Å². The molecule has 1 aromatic carbocycles. The summed E-state index contributed by atoms with van der Waals surface area (Å²) in [6.45, 7) is 6.03. The van der Waals surface area contributed by atoms with E-state index in [4.69, 9.17) is 10.5 Å². The van der Waals surface area contributed by atoms with E-state index in [-0.39, 0.29) is 0 Å². The number of aryl methyl sites for hydroxylation is 2. The standard InChI is InChI=1S/C8H11N.C4H8O/c1-6-4-3-5-7(2)8(6)9;1-2-4-5-3-1/h3-5H,9H2,1-2H3;1-4H2. The molecule has 14 heavy (non-hydrogen) atoms. The average molecular weight is 193 g/mol. The Balaban J connectivity index is 0.000000165. The lowest BCUT2D eigenvalue weighted by atomic mass is 10.1. The fourth-order valence-electron chi connectivity index (χ4n) is 1.34. The first-order valence-corrected chi connectivity index (χ1v) is 5.11. The van der Waals surface area contributed by atoms with Gasteiger partial charge in [0.05, 0.1) is 0 Å². The summed E-state index contributed by atoms with van der Waals surface area (Å²) in [5, 5.41) is 0. The van der Waals surface area contributed by atoms with E-state index in [1.165, 1.54) is 12.8 Å². The van der Waals surface area contributed by atoms with E-state index in [1.54, 1.807) is 0 Å². The van der Waals surface area contributed by atoms with Crippen molar-refractivity contribution in [3.05, 3.63) is 29.3 Å². The molecule has 2 heteroatoms. The number of hydrogen-bond donors (Lipinski definition) is 1. The summed E-state index contributed by atoms with van der Waals surface area (Å²) in [6.07, 6.45) is 2.56. The van der Waals surface area contributed by atoms with Gasteiger partial charge in [0.1, 0.15) is 0 Å². The molecule has 0 atom stereocenters. The number of nitrogens with two attached hydrogens (primary N) is 1. The summed E-state index contributed by atoms with van der Waals surface area (Å²) in [5.41, 5.74) is 8.92. The molecule has 1 aromatic rings. The number of rotatable bonds is 0. The number of ether oxygens (including phenoxy) is 1. The molecule has 1 saturated heterocycles.